The van der Waals surface area contributed by atoms with Crippen LogP contribution >= 0.6 is 0 Å². The van der Waals surface area contributed by atoms with E-state index in [1.54, 1.807) is 0 Å². The van der Waals surface area contributed by atoms with Gasteiger partial charge in [-0.3, -0.25) is 0 Å². The highest BCUT2D eigenvalue weighted by Crippen LogP contribution is 2.00. The van der Waals surface area contributed by atoms with Crippen LogP contribution in [0.2, 0.25) is 0 Å². The summed E-state index contributed by atoms with van der Waals surface area (Å²) in [5.74, 6) is 0. The Morgan fingerprint density at radius 1 is 1.25 bits per heavy atom. The van der Waals surface area contributed by atoms with Crippen LogP contribution in [-0.4, -0.2) is 41.6 Å². The van der Waals surface area contributed by atoms with Crippen LogP contribution in [0.3, 0.4) is 0 Å². The van der Waals surface area contributed by atoms with E-state index in [0.29, 0.717) is 0 Å². The monoisotopic (exact) mass is 282 g/mol. The van der Waals surface area contributed by atoms with Crippen molar-refractivity contribution in [3.05, 3.63) is 35.9 Å². The molecule has 0 fully saturated rings. The lowest BCUT2D eigenvalue weighted by Gasteiger charge is -2.14. The van der Waals surface area contributed by atoms with E-state index in [0.717, 1.165) is 5.56 Å². The van der Waals surface area contributed by atoms with Crippen molar-refractivity contribution in [3.8, 4) is 0 Å². The molecule has 0 aromatic heterocycles. The average Bonchev–Trinajstić information content (AvgIpc) is 2.44. The number of carbonyl (C=O) groups excluding carboxylic acids is 1. The first-order chi connectivity index (χ1) is 9.61. The Hall–Kier alpha value is -2.28. The molecule has 2 amide bonds. The highest BCUT2D eigenvalue weighted by atomic mass is 16.5. The Kier molecular flexibility index (Phi) is 6.91. The fourth-order valence-corrected chi connectivity index (χ4v) is 1.51. The van der Waals surface area contributed by atoms with E-state index in [1.807, 2.05) is 30.3 Å². The first-order valence-electron chi connectivity index (χ1n) is 6.16. The zero-order valence-electron chi connectivity index (χ0n) is 10.9. The Morgan fingerprint density at radius 3 is 2.55 bits per heavy atom. The minimum atomic E-state index is -1.21. The molecule has 0 aliphatic carbocycles. The maximum Gasteiger partial charge on any atom is 0.407 e. The van der Waals surface area contributed by atoms with Crippen LogP contribution in [0.15, 0.2) is 30.3 Å². The summed E-state index contributed by atoms with van der Waals surface area (Å²) in [7, 11) is 0. The zero-order chi connectivity index (χ0) is 14.8. The zero-order valence-corrected chi connectivity index (χ0v) is 10.9. The molecule has 20 heavy (non-hydrogen) atoms. The third-order valence-electron chi connectivity index (χ3n) is 2.52. The highest BCUT2D eigenvalue weighted by molar-refractivity contribution is 5.67. The molecule has 0 saturated carbocycles. The van der Waals surface area contributed by atoms with Crippen LogP contribution in [0.5, 0.6) is 0 Å². The van der Waals surface area contributed by atoms with Crippen LogP contribution in [0.1, 0.15) is 12.0 Å². The van der Waals surface area contributed by atoms with Crippen molar-refractivity contribution in [3.63, 3.8) is 0 Å². The topological polar surface area (TPSA) is 108 Å². The van der Waals surface area contributed by atoms with Crippen LogP contribution in [0.4, 0.5) is 9.59 Å². The summed E-state index contributed by atoms with van der Waals surface area (Å²) in [6.07, 6.45) is -1.51. The van der Waals surface area contributed by atoms with Crippen molar-refractivity contribution in [2.24, 2.45) is 0 Å². The van der Waals surface area contributed by atoms with Crippen molar-refractivity contribution in [2.75, 3.05) is 13.2 Å². The standard InChI is InChI=1S/C13H18N2O5/c16-8-11(15-12(17)18)6-7-14-13(19)20-9-10-4-2-1-3-5-10/h1-5,11,15-16H,6-9H2,(H,14,19)(H,17,18). The quantitative estimate of drug-likeness (QED) is 0.595. The Balaban J connectivity index is 2.18. The molecule has 1 aromatic carbocycles. The number of hydrogen-bond acceptors (Lipinski definition) is 4. The average molecular weight is 282 g/mol. The van der Waals surface area contributed by atoms with Gasteiger partial charge in [-0.1, -0.05) is 30.3 Å². The van der Waals surface area contributed by atoms with E-state index < -0.39 is 18.2 Å². The van der Waals surface area contributed by atoms with Crippen molar-refractivity contribution < 1.29 is 24.5 Å². The van der Waals surface area contributed by atoms with Crippen LogP contribution in [0, 0.1) is 0 Å². The maximum atomic E-state index is 11.4. The number of alkyl carbamates (subject to hydrolysis) is 1. The number of aliphatic hydroxyl groups is 1. The minimum Gasteiger partial charge on any atom is -0.465 e. The molecule has 0 aliphatic heterocycles. The molecule has 110 valence electrons. The normalized spacial score (nSPS) is 11.4. The van der Waals surface area contributed by atoms with Crippen molar-refractivity contribution >= 4 is 12.2 Å². The molecule has 4 N–H and O–H groups in total. The van der Waals surface area contributed by atoms with Gasteiger partial charge in [-0.15, -0.1) is 0 Å². The molecule has 0 heterocycles. The van der Waals surface area contributed by atoms with E-state index in [9.17, 15) is 9.59 Å². The fraction of sp³-hybridized carbons (Fsp3) is 0.385. The lowest BCUT2D eigenvalue weighted by atomic mass is 10.2. The first-order valence-corrected chi connectivity index (χ1v) is 6.16. The SMILES string of the molecule is O=C(O)NC(CO)CCNC(=O)OCc1ccccc1. The van der Waals surface area contributed by atoms with E-state index in [4.69, 9.17) is 14.9 Å². The lowest BCUT2D eigenvalue weighted by molar-refractivity contribution is 0.138. The Labute approximate surface area is 116 Å². The molecule has 0 radical (unpaired) electrons. The minimum absolute atomic E-state index is 0.170. The van der Waals surface area contributed by atoms with E-state index in [1.165, 1.54) is 0 Å². The number of amides is 2. The summed E-state index contributed by atoms with van der Waals surface area (Å²) in [5.41, 5.74) is 0.878. The molecule has 0 bridgehead atoms. The van der Waals surface area contributed by atoms with E-state index in [2.05, 4.69) is 10.6 Å². The molecule has 1 rings (SSSR count). The van der Waals surface area contributed by atoms with Gasteiger partial charge in [0, 0.05) is 6.54 Å². The second kappa shape index (κ2) is 8.76. The molecule has 1 unspecified atom stereocenters. The molecular formula is C13H18N2O5. The van der Waals surface area contributed by atoms with Crippen LogP contribution < -0.4 is 10.6 Å². The molecule has 0 saturated heterocycles. The summed E-state index contributed by atoms with van der Waals surface area (Å²) >= 11 is 0. The number of benzene rings is 1. The molecule has 1 aromatic rings. The van der Waals surface area contributed by atoms with Crippen LogP contribution in [0.25, 0.3) is 0 Å². The molecule has 0 aliphatic rings. The van der Waals surface area contributed by atoms with Gasteiger partial charge >= 0.3 is 12.2 Å². The van der Waals surface area contributed by atoms with Crippen molar-refractivity contribution in [1.29, 1.82) is 0 Å². The number of carbonyl (C=O) groups is 2. The second-order valence-corrected chi connectivity index (χ2v) is 4.11. The highest BCUT2D eigenvalue weighted by Gasteiger charge is 2.10. The van der Waals surface area contributed by atoms with Gasteiger partial charge in [-0.2, -0.15) is 0 Å². The number of aliphatic hydroxyl groups excluding tert-OH is 1. The maximum absolute atomic E-state index is 11.4. The lowest BCUT2D eigenvalue weighted by Crippen LogP contribution is -2.39. The number of nitrogens with one attached hydrogen (secondary N) is 2. The number of carboxylic acid groups (broad SMARTS) is 1. The van der Waals surface area contributed by atoms with Crippen molar-refractivity contribution in [2.45, 2.75) is 19.1 Å². The smallest absolute Gasteiger partial charge is 0.407 e. The molecule has 7 heteroatoms. The molecule has 1 atom stereocenters. The van der Waals surface area contributed by atoms with E-state index >= 15 is 0 Å². The third-order valence-corrected chi connectivity index (χ3v) is 2.52. The Bertz CT molecular complexity index is 424. The summed E-state index contributed by atoms with van der Waals surface area (Å²) in [6.45, 7) is 0.0512. The predicted molar refractivity (Wildman–Crippen MR) is 71.3 cm³/mol. The number of ether oxygens (including phenoxy) is 1. The van der Waals surface area contributed by atoms with Gasteiger partial charge < -0.3 is 25.6 Å². The van der Waals surface area contributed by atoms with Gasteiger partial charge in [-0.25, -0.2) is 9.59 Å². The fourth-order valence-electron chi connectivity index (χ4n) is 1.51. The van der Waals surface area contributed by atoms with E-state index in [-0.39, 0.29) is 26.2 Å². The second-order valence-electron chi connectivity index (χ2n) is 4.11. The number of hydrogen-bond donors (Lipinski definition) is 4. The largest absolute Gasteiger partial charge is 0.465 e. The van der Waals surface area contributed by atoms with Crippen LogP contribution in [-0.2, 0) is 11.3 Å². The van der Waals surface area contributed by atoms with Gasteiger partial charge in [0.15, 0.2) is 0 Å². The van der Waals surface area contributed by atoms with Gasteiger partial charge in [0.05, 0.1) is 12.6 Å². The first kappa shape index (κ1) is 15.8. The van der Waals surface area contributed by atoms with Gasteiger partial charge in [0.25, 0.3) is 0 Å². The predicted octanol–water partition coefficient (Wildman–Crippen LogP) is 0.931. The van der Waals surface area contributed by atoms with Gasteiger partial charge in [-0.05, 0) is 12.0 Å². The van der Waals surface area contributed by atoms with Crippen molar-refractivity contribution in [1.82, 2.24) is 10.6 Å². The molecule has 0 spiro atoms. The third kappa shape index (κ3) is 6.60. The van der Waals surface area contributed by atoms with Gasteiger partial charge in [0.2, 0.25) is 0 Å². The number of rotatable bonds is 7. The summed E-state index contributed by atoms with van der Waals surface area (Å²) < 4.78 is 4.98. The summed E-state index contributed by atoms with van der Waals surface area (Å²) in [6, 6.07) is 8.63. The molecule has 7 nitrogen and oxygen atoms in total. The summed E-state index contributed by atoms with van der Waals surface area (Å²) in [4.78, 5) is 21.8. The van der Waals surface area contributed by atoms with Gasteiger partial charge in [0.1, 0.15) is 6.61 Å². The molecular weight excluding hydrogens is 264 g/mol. The summed E-state index contributed by atoms with van der Waals surface area (Å²) in [5, 5.41) is 22.0. The Morgan fingerprint density at radius 2 is 1.95 bits per heavy atom.